The zero-order valence-electron chi connectivity index (χ0n) is 14.5. The van der Waals surface area contributed by atoms with Crippen molar-refractivity contribution in [2.24, 2.45) is 0 Å². The van der Waals surface area contributed by atoms with E-state index < -0.39 is 0 Å². The Labute approximate surface area is 174 Å². The first-order valence-electron chi connectivity index (χ1n) is 8.65. The third-order valence-corrected chi connectivity index (χ3v) is 6.49. The average molecular weight is 421 g/mol. The van der Waals surface area contributed by atoms with Gasteiger partial charge in [-0.3, -0.25) is 9.36 Å². The van der Waals surface area contributed by atoms with Gasteiger partial charge in [-0.25, -0.2) is 0 Å². The Morgan fingerprint density at radius 2 is 1.71 bits per heavy atom. The summed E-state index contributed by atoms with van der Waals surface area (Å²) in [5.41, 5.74) is 2.28. The molecular formula is C22H13ClN2OS2. The number of nitrogens with one attached hydrogen (secondary N) is 1. The molecule has 0 saturated carbocycles. The van der Waals surface area contributed by atoms with Gasteiger partial charge in [0.25, 0.3) is 5.56 Å². The highest BCUT2D eigenvalue weighted by Crippen LogP contribution is 2.35. The summed E-state index contributed by atoms with van der Waals surface area (Å²) in [5.74, 6) is 0. The lowest BCUT2D eigenvalue weighted by atomic mass is 10.1. The molecule has 2 heterocycles. The number of rotatable bonds is 2. The molecular weight excluding hydrogens is 408 g/mol. The fourth-order valence-electron chi connectivity index (χ4n) is 3.42. The largest absolute Gasteiger partial charge is 0.331 e. The minimum Gasteiger partial charge on any atom is -0.331 e. The lowest BCUT2D eigenvalue weighted by Crippen LogP contribution is -2.19. The van der Waals surface area contributed by atoms with Crippen molar-refractivity contribution < 1.29 is 0 Å². The zero-order chi connectivity index (χ0) is 19.3. The van der Waals surface area contributed by atoms with Gasteiger partial charge in [0.1, 0.15) is 4.70 Å². The first-order chi connectivity index (χ1) is 13.6. The molecule has 0 aliphatic rings. The summed E-state index contributed by atoms with van der Waals surface area (Å²) in [6.07, 6.45) is 0. The van der Waals surface area contributed by atoms with E-state index in [-0.39, 0.29) is 5.56 Å². The highest BCUT2D eigenvalue weighted by molar-refractivity contribution is 7.71. The van der Waals surface area contributed by atoms with Crippen molar-refractivity contribution in [1.29, 1.82) is 0 Å². The van der Waals surface area contributed by atoms with E-state index in [4.69, 9.17) is 23.8 Å². The maximum absolute atomic E-state index is 13.4. The molecule has 3 aromatic carbocycles. The molecule has 0 fully saturated rings. The molecule has 1 N–H and O–H groups in total. The minimum absolute atomic E-state index is 0.126. The van der Waals surface area contributed by atoms with E-state index in [1.807, 2.05) is 72.8 Å². The summed E-state index contributed by atoms with van der Waals surface area (Å²) in [6.45, 7) is 0. The quantitative estimate of drug-likeness (QED) is 0.327. The minimum atomic E-state index is -0.126. The number of halogens is 1. The lowest BCUT2D eigenvalue weighted by molar-refractivity contribution is 0.951. The number of aromatic nitrogens is 2. The van der Waals surface area contributed by atoms with Gasteiger partial charge in [0.15, 0.2) is 4.77 Å². The summed E-state index contributed by atoms with van der Waals surface area (Å²) in [6, 6.07) is 23.4. The first kappa shape index (κ1) is 17.4. The van der Waals surface area contributed by atoms with E-state index in [1.165, 1.54) is 11.3 Å². The highest BCUT2D eigenvalue weighted by atomic mass is 35.5. The molecule has 6 heteroatoms. The second kappa shape index (κ2) is 6.71. The molecule has 0 amide bonds. The van der Waals surface area contributed by atoms with Crippen LogP contribution in [0.25, 0.3) is 37.1 Å². The van der Waals surface area contributed by atoms with Gasteiger partial charge in [0.05, 0.1) is 11.2 Å². The monoisotopic (exact) mass is 420 g/mol. The number of H-pyrrole nitrogens is 1. The maximum atomic E-state index is 13.4. The predicted molar refractivity (Wildman–Crippen MR) is 121 cm³/mol. The molecule has 136 valence electrons. The standard InChI is InChI=1S/C22H13ClN2OS2/c23-16-10-4-3-9-15(16)19-12-17-20(28-19)21(26)25(22(27)24-17)18-11-5-7-13-6-1-2-8-14(13)18/h1-12H,(H,24,27). The van der Waals surface area contributed by atoms with Crippen molar-refractivity contribution in [1.82, 2.24) is 9.55 Å². The second-order valence-corrected chi connectivity index (χ2v) is 8.25. The maximum Gasteiger partial charge on any atom is 0.276 e. The van der Waals surface area contributed by atoms with Crippen LogP contribution in [-0.2, 0) is 0 Å². The van der Waals surface area contributed by atoms with Crippen LogP contribution in [0, 0.1) is 4.77 Å². The fourth-order valence-corrected chi connectivity index (χ4v) is 5.09. The van der Waals surface area contributed by atoms with Gasteiger partial charge in [-0.05, 0) is 35.8 Å². The van der Waals surface area contributed by atoms with Gasteiger partial charge in [-0.15, -0.1) is 11.3 Å². The number of thiophene rings is 1. The molecule has 3 nitrogen and oxygen atoms in total. The number of nitrogens with zero attached hydrogens (tertiary/aromatic N) is 1. The van der Waals surface area contributed by atoms with Crippen LogP contribution in [-0.4, -0.2) is 9.55 Å². The van der Waals surface area contributed by atoms with Gasteiger partial charge in [0, 0.05) is 20.8 Å². The Bertz CT molecular complexity index is 1470. The number of hydrogen-bond acceptors (Lipinski definition) is 3. The van der Waals surface area contributed by atoms with Crippen LogP contribution < -0.4 is 5.56 Å². The Morgan fingerprint density at radius 3 is 2.57 bits per heavy atom. The van der Waals surface area contributed by atoms with Crippen molar-refractivity contribution in [3.8, 4) is 16.1 Å². The Kier molecular flexibility index (Phi) is 4.16. The Balaban J connectivity index is 1.81. The van der Waals surface area contributed by atoms with Crippen LogP contribution in [0.1, 0.15) is 0 Å². The normalized spacial score (nSPS) is 11.3. The van der Waals surface area contributed by atoms with E-state index in [0.717, 1.165) is 32.4 Å². The summed E-state index contributed by atoms with van der Waals surface area (Å²) in [7, 11) is 0. The zero-order valence-corrected chi connectivity index (χ0v) is 16.9. The van der Waals surface area contributed by atoms with Gasteiger partial charge in [-0.2, -0.15) is 0 Å². The first-order valence-corrected chi connectivity index (χ1v) is 10.3. The molecule has 0 atom stereocenters. The number of hydrogen-bond donors (Lipinski definition) is 1. The smallest absolute Gasteiger partial charge is 0.276 e. The van der Waals surface area contributed by atoms with E-state index in [9.17, 15) is 4.79 Å². The number of fused-ring (bicyclic) bond motifs is 2. The van der Waals surface area contributed by atoms with Crippen LogP contribution >= 0.6 is 35.2 Å². The van der Waals surface area contributed by atoms with E-state index >= 15 is 0 Å². The van der Waals surface area contributed by atoms with Crippen molar-refractivity contribution in [2.45, 2.75) is 0 Å². The fraction of sp³-hybridized carbons (Fsp3) is 0. The third kappa shape index (κ3) is 2.71. The van der Waals surface area contributed by atoms with Crippen molar-refractivity contribution in [3.05, 3.63) is 92.9 Å². The van der Waals surface area contributed by atoms with Gasteiger partial charge in [0.2, 0.25) is 0 Å². The van der Waals surface area contributed by atoms with Gasteiger partial charge < -0.3 is 4.98 Å². The van der Waals surface area contributed by atoms with Crippen molar-refractivity contribution >= 4 is 56.1 Å². The molecule has 5 rings (SSSR count). The van der Waals surface area contributed by atoms with E-state index in [0.29, 0.717) is 14.5 Å². The molecule has 0 aliphatic carbocycles. The Hall–Kier alpha value is -2.73. The van der Waals surface area contributed by atoms with E-state index in [2.05, 4.69) is 4.98 Å². The molecule has 2 aromatic heterocycles. The van der Waals surface area contributed by atoms with Crippen LogP contribution in [0.4, 0.5) is 0 Å². The van der Waals surface area contributed by atoms with Crippen molar-refractivity contribution in [2.75, 3.05) is 0 Å². The molecule has 0 spiro atoms. The molecule has 0 bridgehead atoms. The molecule has 28 heavy (non-hydrogen) atoms. The van der Waals surface area contributed by atoms with Crippen LogP contribution in [0.3, 0.4) is 0 Å². The van der Waals surface area contributed by atoms with Crippen LogP contribution in [0.5, 0.6) is 0 Å². The topological polar surface area (TPSA) is 37.8 Å². The highest BCUT2D eigenvalue weighted by Gasteiger charge is 2.15. The van der Waals surface area contributed by atoms with Crippen molar-refractivity contribution in [3.63, 3.8) is 0 Å². The molecule has 5 aromatic rings. The molecule has 0 unspecified atom stereocenters. The second-order valence-electron chi connectivity index (χ2n) is 6.40. The summed E-state index contributed by atoms with van der Waals surface area (Å²) in [4.78, 5) is 17.5. The Morgan fingerprint density at radius 1 is 0.964 bits per heavy atom. The number of aromatic amines is 1. The SMILES string of the molecule is O=c1c2sc(-c3ccccc3Cl)cc2[nH]c(=S)n1-c1cccc2ccccc12. The predicted octanol–water partition coefficient (Wildman–Crippen LogP) is 6.58. The van der Waals surface area contributed by atoms with E-state index in [1.54, 1.807) is 4.57 Å². The summed E-state index contributed by atoms with van der Waals surface area (Å²) >= 11 is 13.3. The van der Waals surface area contributed by atoms with Gasteiger partial charge >= 0.3 is 0 Å². The molecule has 0 saturated heterocycles. The third-order valence-electron chi connectivity index (χ3n) is 4.72. The molecule has 0 radical (unpaired) electrons. The summed E-state index contributed by atoms with van der Waals surface area (Å²) in [5, 5.41) is 2.69. The number of benzene rings is 3. The summed E-state index contributed by atoms with van der Waals surface area (Å²) < 4.78 is 2.57. The van der Waals surface area contributed by atoms with Gasteiger partial charge in [-0.1, -0.05) is 66.2 Å². The lowest BCUT2D eigenvalue weighted by Gasteiger charge is -2.09. The van der Waals surface area contributed by atoms with Crippen LogP contribution in [0.15, 0.2) is 77.6 Å². The van der Waals surface area contributed by atoms with Crippen LogP contribution in [0.2, 0.25) is 5.02 Å². The average Bonchev–Trinajstić information content (AvgIpc) is 3.12. The molecule has 0 aliphatic heterocycles.